The zero-order valence-corrected chi connectivity index (χ0v) is 14.4. The van der Waals surface area contributed by atoms with Crippen molar-refractivity contribution in [3.8, 4) is 5.75 Å². The van der Waals surface area contributed by atoms with Gasteiger partial charge in [0.1, 0.15) is 5.75 Å². The molecule has 0 radical (unpaired) electrons. The number of amides is 1. The fraction of sp³-hybridized carbons (Fsp3) is 0.389. The molecule has 0 aromatic heterocycles. The summed E-state index contributed by atoms with van der Waals surface area (Å²) in [5.41, 5.74) is 0.360. The average molecular weight is 347 g/mol. The van der Waals surface area contributed by atoms with E-state index in [4.69, 9.17) is 14.2 Å². The fourth-order valence-electron chi connectivity index (χ4n) is 2.84. The van der Waals surface area contributed by atoms with Crippen LogP contribution in [0.3, 0.4) is 0 Å². The number of ether oxygens (including phenoxy) is 3. The van der Waals surface area contributed by atoms with Crippen LogP contribution in [0.25, 0.3) is 0 Å². The van der Waals surface area contributed by atoms with E-state index in [2.05, 4.69) is 0 Å². The molecule has 1 unspecified atom stereocenters. The number of para-hydroxylation sites is 1. The lowest BCUT2D eigenvalue weighted by Gasteiger charge is -2.35. The van der Waals surface area contributed by atoms with Gasteiger partial charge in [-0.1, -0.05) is 24.3 Å². The van der Waals surface area contributed by atoms with Crippen molar-refractivity contribution >= 4 is 17.8 Å². The van der Waals surface area contributed by atoms with E-state index in [0.29, 0.717) is 24.3 Å². The van der Waals surface area contributed by atoms with Crippen molar-refractivity contribution in [3.05, 3.63) is 42.0 Å². The molecule has 0 bridgehead atoms. The molecule has 7 heteroatoms. The van der Waals surface area contributed by atoms with E-state index in [1.165, 1.54) is 26.2 Å². The van der Waals surface area contributed by atoms with Crippen molar-refractivity contribution in [2.24, 2.45) is 5.92 Å². The summed E-state index contributed by atoms with van der Waals surface area (Å²) in [4.78, 5) is 38.7. The molecular formula is C18H21NO6. The Labute approximate surface area is 146 Å². The fourth-order valence-corrected chi connectivity index (χ4v) is 2.84. The second-order valence-corrected chi connectivity index (χ2v) is 5.43. The summed E-state index contributed by atoms with van der Waals surface area (Å²) in [6.45, 7) is 0.364. The molecule has 2 rings (SSSR count). The quantitative estimate of drug-likeness (QED) is 0.455. The number of hydrogen-bond acceptors (Lipinski definition) is 6. The molecule has 1 aliphatic heterocycles. The normalized spacial score (nSPS) is 16.5. The number of carbonyl (C=O) groups is 3. The van der Waals surface area contributed by atoms with Gasteiger partial charge in [0.05, 0.1) is 32.9 Å². The van der Waals surface area contributed by atoms with Crippen LogP contribution in [0.1, 0.15) is 16.8 Å². The van der Waals surface area contributed by atoms with Gasteiger partial charge in [-0.2, -0.15) is 0 Å². The zero-order valence-electron chi connectivity index (χ0n) is 14.4. The van der Waals surface area contributed by atoms with Crippen molar-refractivity contribution in [2.45, 2.75) is 12.5 Å². The van der Waals surface area contributed by atoms with Gasteiger partial charge in [0.25, 0.3) is 5.91 Å². The van der Waals surface area contributed by atoms with Gasteiger partial charge in [0.2, 0.25) is 0 Å². The molecule has 1 aromatic rings. The number of rotatable bonds is 5. The standard InChI is InChI=1S/C18H21NO6/c1-23-14-10-5-4-8-12(14)16(20)19-11-7-6-9-13(19)15(17(21)24-2)18(22)25-3/h4-6,8-10,13,15H,7,11H2,1-3H3. The van der Waals surface area contributed by atoms with E-state index < -0.39 is 23.9 Å². The minimum atomic E-state index is -1.25. The molecule has 25 heavy (non-hydrogen) atoms. The Hall–Kier alpha value is -2.83. The van der Waals surface area contributed by atoms with Crippen LogP contribution in [0, 0.1) is 5.92 Å². The molecule has 1 aromatic carbocycles. The molecule has 0 fully saturated rings. The van der Waals surface area contributed by atoms with Crippen LogP contribution in [-0.4, -0.2) is 56.7 Å². The second-order valence-electron chi connectivity index (χ2n) is 5.43. The Morgan fingerprint density at radius 2 is 1.72 bits per heavy atom. The second kappa shape index (κ2) is 8.32. The first-order valence-electron chi connectivity index (χ1n) is 7.81. The summed E-state index contributed by atoms with van der Waals surface area (Å²) in [5.74, 6) is -2.65. The van der Waals surface area contributed by atoms with Crippen molar-refractivity contribution in [2.75, 3.05) is 27.9 Å². The highest BCUT2D eigenvalue weighted by molar-refractivity contribution is 6.00. The van der Waals surface area contributed by atoms with Gasteiger partial charge in [-0.25, -0.2) is 0 Å². The molecule has 1 aliphatic rings. The Morgan fingerprint density at radius 1 is 1.08 bits per heavy atom. The molecular weight excluding hydrogens is 326 g/mol. The molecule has 0 N–H and O–H groups in total. The van der Waals surface area contributed by atoms with Gasteiger partial charge in [-0.3, -0.25) is 14.4 Å². The van der Waals surface area contributed by atoms with Gasteiger partial charge in [-0.05, 0) is 18.6 Å². The predicted octanol–water partition coefficient (Wildman–Crippen LogP) is 1.43. The summed E-state index contributed by atoms with van der Waals surface area (Å²) < 4.78 is 14.7. The number of methoxy groups -OCH3 is 3. The van der Waals surface area contributed by atoms with Gasteiger partial charge in [-0.15, -0.1) is 0 Å². The largest absolute Gasteiger partial charge is 0.496 e. The first-order chi connectivity index (χ1) is 12.0. The molecule has 0 saturated carbocycles. The Kier molecular flexibility index (Phi) is 6.16. The van der Waals surface area contributed by atoms with Crippen molar-refractivity contribution in [3.63, 3.8) is 0 Å². The maximum Gasteiger partial charge on any atom is 0.322 e. The first kappa shape index (κ1) is 18.5. The maximum atomic E-state index is 13.0. The number of carbonyl (C=O) groups excluding carboxylic acids is 3. The van der Waals surface area contributed by atoms with E-state index in [1.807, 2.05) is 6.08 Å². The molecule has 1 atom stereocenters. The van der Waals surface area contributed by atoms with Crippen LogP contribution in [-0.2, 0) is 19.1 Å². The number of nitrogens with zero attached hydrogens (tertiary/aromatic N) is 1. The summed E-state index contributed by atoms with van der Waals surface area (Å²) in [6, 6.07) is 6.02. The van der Waals surface area contributed by atoms with E-state index in [9.17, 15) is 14.4 Å². The van der Waals surface area contributed by atoms with Gasteiger partial charge in [0, 0.05) is 6.54 Å². The highest BCUT2D eigenvalue weighted by atomic mass is 16.5. The minimum Gasteiger partial charge on any atom is -0.496 e. The lowest BCUT2D eigenvalue weighted by molar-refractivity contribution is -0.160. The first-order valence-corrected chi connectivity index (χ1v) is 7.81. The minimum absolute atomic E-state index is 0.329. The summed E-state index contributed by atoms with van der Waals surface area (Å²) in [7, 11) is 3.86. The topological polar surface area (TPSA) is 82.1 Å². The molecule has 0 spiro atoms. The third-order valence-electron chi connectivity index (χ3n) is 4.08. The van der Waals surface area contributed by atoms with Crippen LogP contribution in [0.5, 0.6) is 5.75 Å². The maximum absolute atomic E-state index is 13.0. The SMILES string of the molecule is COC(=O)C(C(=O)OC)C1C=CCCN1C(=O)c1ccccc1OC. The van der Waals surface area contributed by atoms with Crippen molar-refractivity contribution < 1.29 is 28.6 Å². The molecule has 1 heterocycles. The number of hydrogen-bond donors (Lipinski definition) is 0. The highest BCUT2D eigenvalue weighted by Crippen LogP contribution is 2.26. The van der Waals surface area contributed by atoms with Crippen molar-refractivity contribution in [1.82, 2.24) is 4.90 Å². The summed E-state index contributed by atoms with van der Waals surface area (Å²) in [5, 5.41) is 0. The molecule has 1 amide bonds. The smallest absolute Gasteiger partial charge is 0.322 e. The summed E-state index contributed by atoms with van der Waals surface area (Å²) in [6.07, 6.45) is 4.11. The molecule has 134 valence electrons. The van der Waals surface area contributed by atoms with E-state index in [1.54, 1.807) is 30.3 Å². The monoisotopic (exact) mass is 347 g/mol. The lowest BCUT2D eigenvalue weighted by atomic mass is 9.94. The molecule has 0 saturated heterocycles. The third-order valence-corrected chi connectivity index (χ3v) is 4.08. The van der Waals surface area contributed by atoms with Gasteiger partial charge in [0.15, 0.2) is 5.92 Å². The predicted molar refractivity (Wildman–Crippen MR) is 89.1 cm³/mol. The zero-order chi connectivity index (χ0) is 18.4. The molecule has 7 nitrogen and oxygen atoms in total. The van der Waals surface area contributed by atoms with E-state index in [0.717, 1.165) is 0 Å². The van der Waals surface area contributed by atoms with Gasteiger partial charge >= 0.3 is 11.9 Å². The van der Waals surface area contributed by atoms with Crippen LogP contribution in [0.15, 0.2) is 36.4 Å². The van der Waals surface area contributed by atoms with Crippen molar-refractivity contribution in [1.29, 1.82) is 0 Å². The van der Waals surface area contributed by atoms with E-state index >= 15 is 0 Å². The van der Waals surface area contributed by atoms with E-state index in [-0.39, 0.29) is 5.91 Å². The van der Waals surface area contributed by atoms with Crippen LogP contribution < -0.4 is 4.74 Å². The van der Waals surface area contributed by atoms with Gasteiger partial charge < -0.3 is 19.1 Å². The van der Waals surface area contributed by atoms with Crippen LogP contribution in [0.4, 0.5) is 0 Å². The number of benzene rings is 1. The Morgan fingerprint density at radius 3 is 2.32 bits per heavy atom. The highest BCUT2D eigenvalue weighted by Gasteiger charge is 2.42. The Bertz CT molecular complexity index is 668. The van der Waals surface area contributed by atoms with Crippen LogP contribution >= 0.6 is 0 Å². The summed E-state index contributed by atoms with van der Waals surface area (Å²) >= 11 is 0. The van der Waals surface area contributed by atoms with Crippen LogP contribution in [0.2, 0.25) is 0 Å². The lowest BCUT2D eigenvalue weighted by Crippen LogP contribution is -2.50. The Balaban J connectivity index is 2.40. The average Bonchev–Trinajstić information content (AvgIpc) is 2.67. The molecule has 0 aliphatic carbocycles. The number of esters is 2. The third kappa shape index (κ3) is 3.81.